The first kappa shape index (κ1) is 18.0. The molecular weight excluding hydrogens is 327 g/mol. The lowest BCUT2D eigenvalue weighted by molar-refractivity contribution is -0.189. The Hall–Kier alpha value is -2.32. The summed E-state index contributed by atoms with van der Waals surface area (Å²) < 4.78 is 41.7. The number of carbonyl (C=O) groups is 2. The number of hydrogen-bond acceptors (Lipinski definition) is 5. The van der Waals surface area contributed by atoms with Gasteiger partial charge in [0, 0.05) is 12.7 Å². The molecule has 0 radical (unpaired) electrons. The van der Waals surface area contributed by atoms with Gasteiger partial charge in [-0.05, 0) is 30.4 Å². The van der Waals surface area contributed by atoms with Gasteiger partial charge in [0.2, 0.25) is 5.91 Å². The van der Waals surface area contributed by atoms with E-state index in [1.54, 1.807) is 0 Å². The van der Waals surface area contributed by atoms with Gasteiger partial charge in [0.15, 0.2) is 11.6 Å². The number of amides is 1. The van der Waals surface area contributed by atoms with Crippen molar-refractivity contribution in [2.75, 3.05) is 11.4 Å². The van der Waals surface area contributed by atoms with Crippen LogP contribution in [0.25, 0.3) is 0 Å². The van der Waals surface area contributed by atoms with E-state index in [9.17, 15) is 22.8 Å². The zero-order valence-electron chi connectivity index (χ0n) is 13.3. The third-order valence-corrected chi connectivity index (χ3v) is 3.94. The minimum Gasteiger partial charge on any atom is -0.416 e. The maximum Gasteiger partial charge on any atom is 0.491 e. The fourth-order valence-electron chi connectivity index (χ4n) is 2.66. The summed E-state index contributed by atoms with van der Waals surface area (Å²) in [5, 5.41) is 0. The smallest absolute Gasteiger partial charge is 0.416 e. The Bertz CT molecular complexity index is 646. The molecule has 1 aromatic rings. The summed E-state index contributed by atoms with van der Waals surface area (Å²) >= 11 is 0. The molecule has 0 aromatic carbocycles. The van der Waals surface area contributed by atoms with Gasteiger partial charge in [-0.1, -0.05) is 13.8 Å². The van der Waals surface area contributed by atoms with Gasteiger partial charge in [0.25, 0.3) is 0 Å². The molecule has 24 heavy (non-hydrogen) atoms. The van der Waals surface area contributed by atoms with Crippen LogP contribution >= 0.6 is 0 Å². The van der Waals surface area contributed by atoms with Crippen molar-refractivity contribution < 1.29 is 27.5 Å². The first-order valence-electron chi connectivity index (χ1n) is 7.31. The number of halogens is 3. The van der Waals surface area contributed by atoms with Gasteiger partial charge in [0.1, 0.15) is 6.04 Å². The number of anilines is 1. The van der Waals surface area contributed by atoms with Crippen molar-refractivity contribution in [2.45, 2.75) is 38.9 Å². The van der Waals surface area contributed by atoms with Crippen molar-refractivity contribution in [3.05, 3.63) is 18.3 Å². The predicted molar refractivity (Wildman–Crippen MR) is 79.3 cm³/mol. The van der Waals surface area contributed by atoms with Crippen molar-refractivity contribution in [1.82, 2.24) is 4.98 Å². The number of carbonyl (C=O) groups excluding carboxylic acids is 2. The van der Waals surface area contributed by atoms with E-state index in [0.29, 0.717) is 19.4 Å². The van der Waals surface area contributed by atoms with Crippen LogP contribution in [-0.2, 0) is 9.59 Å². The molecule has 9 heteroatoms. The first-order valence-corrected chi connectivity index (χ1v) is 7.31. The minimum atomic E-state index is -5.12. The third kappa shape index (κ3) is 3.95. The molecule has 2 N–H and O–H groups in total. The van der Waals surface area contributed by atoms with E-state index < -0.39 is 24.1 Å². The van der Waals surface area contributed by atoms with Crippen LogP contribution in [0.2, 0.25) is 0 Å². The topological polar surface area (TPSA) is 85.5 Å². The highest BCUT2D eigenvalue weighted by atomic mass is 19.4. The van der Waals surface area contributed by atoms with Gasteiger partial charge < -0.3 is 15.4 Å². The Balaban J connectivity index is 2.34. The maximum atomic E-state index is 12.4. The summed E-state index contributed by atoms with van der Waals surface area (Å²) in [5.74, 6) is -3.31. The average Bonchev–Trinajstić information content (AvgIpc) is 2.46. The van der Waals surface area contributed by atoms with Crippen molar-refractivity contribution in [3.8, 4) is 5.75 Å². The normalized spacial score (nSPS) is 20.5. The summed E-state index contributed by atoms with van der Waals surface area (Å²) in [6.07, 6.45) is -2.68. The number of piperidine rings is 1. The monoisotopic (exact) mass is 345 g/mol. The lowest BCUT2D eigenvalue weighted by atomic mass is 9.78. The molecule has 1 aromatic heterocycles. The molecule has 1 amide bonds. The fourth-order valence-corrected chi connectivity index (χ4v) is 2.66. The molecule has 0 spiro atoms. The second kappa shape index (κ2) is 6.29. The van der Waals surface area contributed by atoms with Crippen LogP contribution in [-0.4, -0.2) is 35.6 Å². The lowest BCUT2D eigenvalue weighted by Gasteiger charge is -2.42. The largest absolute Gasteiger partial charge is 0.491 e. The SMILES string of the molecule is CC1(C)CCN(c2ncccc2OC(=O)C(F)(F)F)C(C(N)=O)C1. The van der Waals surface area contributed by atoms with E-state index >= 15 is 0 Å². The van der Waals surface area contributed by atoms with Crippen LogP contribution in [0.5, 0.6) is 5.75 Å². The third-order valence-electron chi connectivity index (χ3n) is 3.94. The van der Waals surface area contributed by atoms with Gasteiger partial charge in [0.05, 0.1) is 0 Å². The van der Waals surface area contributed by atoms with E-state index in [1.165, 1.54) is 23.2 Å². The molecule has 1 saturated heterocycles. The van der Waals surface area contributed by atoms with Crippen LogP contribution in [0.4, 0.5) is 19.0 Å². The van der Waals surface area contributed by atoms with Crippen LogP contribution in [0.15, 0.2) is 18.3 Å². The number of alkyl halides is 3. The summed E-state index contributed by atoms with van der Waals surface area (Å²) in [6.45, 7) is 4.31. The van der Waals surface area contributed by atoms with Crippen LogP contribution in [0, 0.1) is 5.41 Å². The molecule has 1 aliphatic rings. The Morgan fingerprint density at radius 1 is 1.42 bits per heavy atom. The lowest BCUT2D eigenvalue weighted by Crippen LogP contribution is -2.52. The minimum absolute atomic E-state index is 0.00519. The summed E-state index contributed by atoms with van der Waals surface area (Å²) in [7, 11) is 0. The summed E-state index contributed by atoms with van der Waals surface area (Å²) in [4.78, 5) is 28.4. The number of aromatic nitrogens is 1. The molecule has 0 bridgehead atoms. The highest BCUT2D eigenvalue weighted by molar-refractivity contribution is 5.85. The van der Waals surface area contributed by atoms with Crippen LogP contribution in [0.3, 0.4) is 0 Å². The Labute approximate surface area is 136 Å². The van der Waals surface area contributed by atoms with Crippen molar-refractivity contribution >= 4 is 17.7 Å². The molecule has 1 aliphatic heterocycles. The molecule has 132 valence electrons. The summed E-state index contributed by atoms with van der Waals surface area (Å²) in [5.41, 5.74) is 5.30. The van der Waals surface area contributed by atoms with Crippen molar-refractivity contribution in [2.24, 2.45) is 11.1 Å². The molecule has 1 unspecified atom stereocenters. The molecule has 2 rings (SSSR count). The van der Waals surface area contributed by atoms with E-state index in [0.717, 1.165) is 0 Å². The Kier molecular flexibility index (Phi) is 4.73. The van der Waals surface area contributed by atoms with Gasteiger partial charge in [-0.25, -0.2) is 9.78 Å². The molecule has 2 heterocycles. The number of primary amides is 1. The molecule has 0 saturated carbocycles. The second-order valence-corrected chi connectivity index (χ2v) is 6.44. The van der Waals surface area contributed by atoms with Gasteiger partial charge >= 0.3 is 12.1 Å². The number of hydrogen-bond donors (Lipinski definition) is 1. The summed E-state index contributed by atoms with van der Waals surface area (Å²) in [6, 6.07) is 1.80. The number of nitrogens with zero attached hydrogens (tertiary/aromatic N) is 2. The Morgan fingerprint density at radius 3 is 2.67 bits per heavy atom. The van der Waals surface area contributed by atoms with Gasteiger partial charge in [-0.3, -0.25) is 4.79 Å². The molecule has 0 aliphatic carbocycles. The first-order chi connectivity index (χ1) is 11.0. The van der Waals surface area contributed by atoms with E-state index in [4.69, 9.17) is 5.73 Å². The number of nitrogens with two attached hydrogens (primary N) is 1. The zero-order valence-corrected chi connectivity index (χ0v) is 13.3. The number of ether oxygens (including phenoxy) is 1. The van der Waals surface area contributed by atoms with E-state index in [-0.39, 0.29) is 17.0 Å². The van der Waals surface area contributed by atoms with Crippen LogP contribution in [0.1, 0.15) is 26.7 Å². The number of rotatable bonds is 3. The molecule has 1 atom stereocenters. The average molecular weight is 345 g/mol. The van der Waals surface area contributed by atoms with Crippen LogP contribution < -0.4 is 15.4 Å². The standard InChI is InChI=1S/C15H18F3N3O3/c1-14(2)5-7-21(9(8-14)11(19)22)12-10(4-3-6-20-12)24-13(23)15(16,17)18/h3-4,6,9H,5,7-8H2,1-2H3,(H2,19,22). The zero-order chi connectivity index (χ0) is 18.1. The predicted octanol–water partition coefficient (Wildman–Crippen LogP) is 2.03. The fraction of sp³-hybridized carbons (Fsp3) is 0.533. The molecule has 1 fully saturated rings. The second-order valence-electron chi connectivity index (χ2n) is 6.44. The van der Waals surface area contributed by atoms with Crippen molar-refractivity contribution in [1.29, 1.82) is 0 Å². The highest BCUT2D eigenvalue weighted by Gasteiger charge is 2.43. The van der Waals surface area contributed by atoms with E-state index in [1.807, 2.05) is 13.8 Å². The highest BCUT2D eigenvalue weighted by Crippen LogP contribution is 2.38. The van der Waals surface area contributed by atoms with Crippen molar-refractivity contribution in [3.63, 3.8) is 0 Å². The van der Waals surface area contributed by atoms with Gasteiger partial charge in [-0.2, -0.15) is 13.2 Å². The Morgan fingerprint density at radius 2 is 2.08 bits per heavy atom. The van der Waals surface area contributed by atoms with E-state index in [2.05, 4.69) is 9.72 Å². The molecule has 6 nitrogen and oxygen atoms in total. The quantitative estimate of drug-likeness (QED) is 0.847. The maximum absolute atomic E-state index is 12.4. The number of pyridine rings is 1. The van der Waals surface area contributed by atoms with Gasteiger partial charge in [-0.15, -0.1) is 0 Å². The molecular formula is C15H18F3N3O3. The number of esters is 1.